The summed E-state index contributed by atoms with van der Waals surface area (Å²) in [5.74, 6) is -0.114. The van der Waals surface area contributed by atoms with Crippen molar-refractivity contribution < 1.29 is 14.5 Å². The van der Waals surface area contributed by atoms with Gasteiger partial charge in [-0.25, -0.2) is 0 Å². The van der Waals surface area contributed by atoms with Crippen LogP contribution in [0.5, 0.6) is 0 Å². The molecule has 0 atom stereocenters. The Morgan fingerprint density at radius 3 is 3.14 bits per heavy atom. The third-order valence-electron chi connectivity index (χ3n) is 4.05. The summed E-state index contributed by atoms with van der Waals surface area (Å²) in [7, 11) is 1.17. The largest absolute Gasteiger partial charge is 0.491 e. The molecule has 0 saturated carbocycles. The van der Waals surface area contributed by atoms with Gasteiger partial charge in [-0.05, 0) is 36.6 Å². The Hall–Kier alpha value is -1.63. The highest BCUT2D eigenvalue weighted by atomic mass is 16.5. The molecule has 1 aromatic rings. The van der Waals surface area contributed by atoms with Crippen molar-refractivity contribution >= 4 is 18.5 Å². The Bertz CT molecular complexity index is 588. The predicted octanol–water partition coefficient (Wildman–Crippen LogP) is -0.104. The molecule has 1 aromatic carbocycles. The number of benzene rings is 1. The lowest BCUT2D eigenvalue weighted by Gasteiger charge is -2.22. The zero-order chi connectivity index (χ0) is 14.8. The molecule has 0 spiro atoms. The maximum absolute atomic E-state index is 12.2. The fourth-order valence-corrected chi connectivity index (χ4v) is 2.63. The lowest BCUT2D eigenvalue weighted by atomic mass is 9.79. The van der Waals surface area contributed by atoms with E-state index in [0.29, 0.717) is 24.2 Å². The molecule has 0 aliphatic carbocycles. The monoisotopic (exact) mass is 286 g/mol. The first-order chi connectivity index (χ1) is 10.1. The number of likely N-dealkylation sites (N-methyl/N-ethyl adjacent to an activating group) is 1. The molecule has 2 heterocycles. The quantitative estimate of drug-likeness (QED) is 0.601. The van der Waals surface area contributed by atoms with E-state index in [0.717, 1.165) is 25.1 Å². The summed E-state index contributed by atoms with van der Waals surface area (Å²) in [6.07, 6.45) is 3.16. The van der Waals surface area contributed by atoms with Gasteiger partial charge in [-0.1, -0.05) is 17.7 Å². The van der Waals surface area contributed by atoms with Gasteiger partial charge in [-0.15, -0.1) is 0 Å². The Labute approximate surface area is 124 Å². The summed E-state index contributed by atoms with van der Waals surface area (Å²) in [6, 6.07) is 5.33. The molecule has 2 aliphatic heterocycles. The molecule has 0 aromatic heterocycles. The average Bonchev–Trinajstić information content (AvgIpc) is 2.87. The van der Waals surface area contributed by atoms with Gasteiger partial charge >= 0.3 is 7.12 Å². The van der Waals surface area contributed by atoms with E-state index in [1.807, 2.05) is 6.07 Å². The third-order valence-corrected chi connectivity index (χ3v) is 4.05. The maximum Gasteiger partial charge on any atom is 0.491 e. The number of amides is 1. The maximum atomic E-state index is 12.2. The molecule has 5 nitrogen and oxygen atoms in total. The summed E-state index contributed by atoms with van der Waals surface area (Å²) in [5.41, 5.74) is 3.47. The van der Waals surface area contributed by atoms with E-state index >= 15 is 0 Å². The Kier molecular flexibility index (Phi) is 4.10. The average molecular weight is 286 g/mol. The van der Waals surface area contributed by atoms with Crippen molar-refractivity contribution in [2.75, 3.05) is 26.7 Å². The van der Waals surface area contributed by atoms with E-state index < -0.39 is 7.12 Å². The molecule has 0 radical (unpaired) electrons. The standard InChI is InChI=1S/C15H19BN2O3/c1-18-6-4-11(5-7-18)9-17-15(19)12-2-3-13-10-21-16(20)14(13)8-12/h2-4,8,20H,5-7,9-10H2,1H3,(H,17,19). The van der Waals surface area contributed by atoms with E-state index in [-0.39, 0.29) is 5.91 Å². The van der Waals surface area contributed by atoms with Crippen LogP contribution in [-0.4, -0.2) is 49.6 Å². The summed E-state index contributed by atoms with van der Waals surface area (Å²) in [5, 5.41) is 12.6. The summed E-state index contributed by atoms with van der Waals surface area (Å²) < 4.78 is 5.13. The van der Waals surface area contributed by atoms with Crippen molar-refractivity contribution in [2.45, 2.75) is 13.0 Å². The molecule has 1 amide bonds. The van der Waals surface area contributed by atoms with E-state index in [1.54, 1.807) is 12.1 Å². The first kappa shape index (κ1) is 14.3. The SMILES string of the molecule is CN1CC=C(CNC(=O)c2ccc3c(c2)B(O)OC3)CC1. The van der Waals surface area contributed by atoms with Crippen LogP contribution in [-0.2, 0) is 11.3 Å². The number of carbonyl (C=O) groups excluding carboxylic acids is 1. The highest BCUT2D eigenvalue weighted by molar-refractivity contribution is 6.61. The number of nitrogens with zero attached hydrogens (tertiary/aromatic N) is 1. The molecule has 6 heteroatoms. The third kappa shape index (κ3) is 3.18. The van der Waals surface area contributed by atoms with Crippen molar-refractivity contribution in [1.29, 1.82) is 0 Å². The lowest BCUT2D eigenvalue weighted by Crippen LogP contribution is -2.32. The minimum Gasteiger partial charge on any atom is -0.423 e. The van der Waals surface area contributed by atoms with Crippen LogP contribution in [0.1, 0.15) is 22.3 Å². The fourth-order valence-electron chi connectivity index (χ4n) is 2.63. The number of carbonyl (C=O) groups is 1. The van der Waals surface area contributed by atoms with Gasteiger partial charge in [0.2, 0.25) is 0 Å². The van der Waals surface area contributed by atoms with E-state index in [9.17, 15) is 9.82 Å². The molecule has 0 bridgehead atoms. The molecule has 0 fully saturated rings. The Morgan fingerprint density at radius 1 is 1.52 bits per heavy atom. The summed E-state index contributed by atoms with van der Waals surface area (Å²) >= 11 is 0. The zero-order valence-electron chi connectivity index (χ0n) is 12.1. The van der Waals surface area contributed by atoms with Crippen LogP contribution in [0.2, 0.25) is 0 Å². The van der Waals surface area contributed by atoms with E-state index in [1.165, 1.54) is 5.57 Å². The van der Waals surface area contributed by atoms with Crippen LogP contribution in [0.4, 0.5) is 0 Å². The highest BCUT2D eigenvalue weighted by Gasteiger charge is 2.27. The number of hydrogen-bond acceptors (Lipinski definition) is 4. The number of fused-ring (bicyclic) bond motifs is 1. The number of nitrogens with one attached hydrogen (secondary N) is 1. The minimum absolute atomic E-state index is 0.114. The molecular formula is C15H19BN2O3. The van der Waals surface area contributed by atoms with Gasteiger partial charge in [0.1, 0.15) is 0 Å². The smallest absolute Gasteiger partial charge is 0.423 e. The first-order valence-corrected chi connectivity index (χ1v) is 7.20. The topological polar surface area (TPSA) is 61.8 Å². The molecule has 2 N–H and O–H groups in total. The molecule has 0 unspecified atom stereocenters. The van der Waals surface area contributed by atoms with Crippen molar-refractivity contribution in [3.63, 3.8) is 0 Å². The van der Waals surface area contributed by atoms with E-state index in [4.69, 9.17) is 4.65 Å². The lowest BCUT2D eigenvalue weighted by molar-refractivity contribution is 0.0956. The second kappa shape index (κ2) is 6.01. The van der Waals surface area contributed by atoms with Crippen LogP contribution < -0.4 is 10.8 Å². The normalized spacial score (nSPS) is 18.4. The van der Waals surface area contributed by atoms with Gasteiger partial charge in [0.15, 0.2) is 0 Å². The predicted molar refractivity (Wildman–Crippen MR) is 81.4 cm³/mol. The Balaban J connectivity index is 1.62. The Morgan fingerprint density at radius 2 is 2.38 bits per heavy atom. The second-order valence-corrected chi connectivity index (χ2v) is 5.63. The molecule has 2 aliphatic rings. The van der Waals surface area contributed by atoms with Gasteiger partial charge in [0.05, 0.1) is 6.61 Å². The summed E-state index contributed by atoms with van der Waals surface area (Å²) in [4.78, 5) is 14.4. The molecule has 110 valence electrons. The van der Waals surface area contributed by atoms with Gasteiger partial charge in [-0.2, -0.15) is 0 Å². The first-order valence-electron chi connectivity index (χ1n) is 7.20. The highest BCUT2D eigenvalue weighted by Crippen LogP contribution is 2.12. The van der Waals surface area contributed by atoms with Crippen molar-refractivity contribution in [3.05, 3.63) is 41.0 Å². The summed E-state index contributed by atoms with van der Waals surface area (Å²) in [6.45, 7) is 2.96. The second-order valence-electron chi connectivity index (χ2n) is 5.63. The van der Waals surface area contributed by atoms with Crippen molar-refractivity contribution in [1.82, 2.24) is 10.2 Å². The number of rotatable bonds is 3. The molecular weight excluding hydrogens is 267 g/mol. The van der Waals surface area contributed by atoms with Crippen molar-refractivity contribution in [2.24, 2.45) is 0 Å². The molecule has 21 heavy (non-hydrogen) atoms. The van der Waals surface area contributed by atoms with Crippen LogP contribution in [0, 0.1) is 0 Å². The van der Waals surface area contributed by atoms with Crippen LogP contribution in [0.15, 0.2) is 29.8 Å². The van der Waals surface area contributed by atoms with Gasteiger partial charge in [0, 0.05) is 25.2 Å². The van der Waals surface area contributed by atoms with Gasteiger partial charge in [0.25, 0.3) is 5.91 Å². The van der Waals surface area contributed by atoms with Crippen LogP contribution in [0.3, 0.4) is 0 Å². The zero-order valence-corrected chi connectivity index (χ0v) is 12.1. The van der Waals surface area contributed by atoms with Crippen LogP contribution >= 0.6 is 0 Å². The van der Waals surface area contributed by atoms with Gasteiger partial charge < -0.3 is 19.9 Å². The minimum atomic E-state index is -0.913. The fraction of sp³-hybridized carbons (Fsp3) is 0.400. The van der Waals surface area contributed by atoms with E-state index in [2.05, 4.69) is 23.3 Å². The molecule has 3 rings (SSSR count). The van der Waals surface area contributed by atoms with Crippen molar-refractivity contribution in [3.8, 4) is 0 Å². The van der Waals surface area contributed by atoms with Gasteiger partial charge in [-0.3, -0.25) is 4.79 Å². The molecule has 0 saturated heterocycles. The number of hydrogen-bond donors (Lipinski definition) is 2. The van der Waals surface area contributed by atoms with Crippen LogP contribution in [0.25, 0.3) is 0 Å².